The van der Waals surface area contributed by atoms with E-state index in [0.717, 1.165) is 55.6 Å². The monoisotopic (exact) mass is 515 g/mol. The fourth-order valence-electron chi connectivity index (χ4n) is 5.22. The molecule has 0 aliphatic carbocycles. The zero-order valence-electron chi connectivity index (χ0n) is 21.6. The van der Waals surface area contributed by atoms with Gasteiger partial charge in [-0.15, -0.1) is 0 Å². The minimum atomic E-state index is 0.240. The molecule has 0 amide bonds. The van der Waals surface area contributed by atoms with Crippen molar-refractivity contribution in [2.75, 3.05) is 5.32 Å². The van der Waals surface area contributed by atoms with Crippen molar-refractivity contribution in [3.8, 4) is 11.1 Å². The molecule has 7 aromatic rings. The standard InChI is InChI=1S/C36H25N3O/c37-36(25-10-2-1-3-11-25)38-23-24-18-20-27(21-19-24)39-32-16-8-6-14-29(32)31-22-26-12-4-5-13-28(26)34-30-15-7-9-17-33(30)40-35(31)34/h1-23,37,39H. The third-order valence-corrected chi connectivity index (χ3v) is 7.17. The third kappa shape index (κ3) is 4.32. The molecule has 0 saturated carbocycles. The minimum Gasteiger partial charge on any atom is -0.455 e. The smallest absolute Gasteiger partial charge is 0.151 e. The lowest BCUT2D eigenvalue weighted by Crippen LogP contribution is -1.96. The fourth-order valence-corrected chi connectivity index (χ4v) is 5.22. The first-order valence-corrected chi connectivity index (χ1v) is 13.2. The van der Waals surface area contributed by atoms with Crippen molar-refractivity contribution in [3.63, 3.8) is 0 Å². The molecule has 6 aromatic carbocycles. The first-order valence-electron chi connectivity index (χ1n) is 13.2. The Bertz CT molecular complexity index is 2040. The van der Waals surface area contributed by atoms with Crippen LogP contribution in [0.1, 0.15) is 11.1 Å². The Morgan fingerprint density at radius 2 is 1.38 bits per heavy atom. The molecule has 0 spiro atoms. The highest BCUT2D eigenvalue weighted by atomic mass is 16.3. The van der Waals surface area contributed by atoms with Gasteiger partial charge in [-0.2, -0.15) is 0 Å². The van der Waals surface area contributed by atoms with Crippen LogP contribution < -0.4 is 5.32 Å². The summed E-state index contributed by atoms with van der Waals surface area (Å²) in [5.74, 6) is 0.240. The zero-order chi connectivity index (χ0) is 26.9. The van der Waals surface area contributed by atoms with Crippen LogP contribution in [0.2, 0.25) is 0 Å². The third-order valence-electron chi connectivity index (χ3n) is 7.17. The molecule has 0 atom stereocenters. The molecule has 0 aliphatic rings. The van der Waals surface area contributed by atoms with Gasteiger partial charge in [0.25, 0.3) is 0 Å². The van der Waals surface area contributed by atoms with Crippen LogP contribution >= 0.6 is 0 Å². The maximum atomic E-state index is 8.20. The second-order valence-corrected chi connectivity index (χ2v) is 9.71. The van der Waals surface area contributed by atoms with Gasteiger partial charge in [0.2, 0.25) is 0 Å². The lowest BCUT2D eigenvalue weighted by molar-refractivity contribution is 0.670. The highest BCUT2D eigenvalue weighted by molar-refractivity contribution is 6.23. The molecule has 190 valence electrons. The average molecular weight is 516 g/mol. The van der Waals surface area contributed by atoms with E-state index in [4.69, 9.17) is 9.83 Å². The highest BCUT2D eigenvalue weighted by Gasteiger charge is 2.17. The lowest BCUT2D eigenvalue weighted by atomic mass is 9.95. The molecular formula is C36H25N3O. The summed E-state index contributed by atoms with van der Waals surface area (Å²) in [6.45, 7) is 0. The number of anilines is 2. The Balaban J connectivity index is 1.24. The maximum Gasteiger partial charge on any atom is 0.151 e. The number of furan rings is 1. The number of para-hydroxylation sites is 2. The molecule has 1 heterocycles. The van der Waals surface area contributed by atoms with Crippen LogP contribution in [0.4, 0.5) is 11.4 Å². The molecule has 0 unspecified atom stereocenters. The number of hydrogen-bond acceptors (Lipinski definition) is 3. The van der Waals surface area contributed by atoms with Crippen LogP contribution in [0, 0.1) is 5.41 Å². The first-order chi connectivity index (χ1) is 19.7. The van der Waals surface area contributed by atoms with Crippen molar-refractivity contribution in [2.45, 2.75) is 0 Å². The fraction of sp³-hybridized carbons (Fsp3) is 0. The van der Waals surface area contributed by atoms with Gasteiger partial charge in [-0.1, -0.05) is 103 Å². The van der Waals surface area contributed by atoms with Crippen molar-refractivity contribution >= 4 is 56.1 Å². The van der Waals surface area contributed by atoms with Crippen molar-refractivity contribution in [1.82, 2.24) is 0 Å². The van der Waals surface area contributed by atoms with Crippen molar-refractivity contribution in [2.24, 2.45) is 4.99 Å². The number of amidine groups is 1. The molecule has 1 aromatic heterocycles. The molecule has 0 fully saturated rings. The SMILES string of the molecule is N=C(N=Cc1ccc(Nc2ccccc2-c2cc3ccccc3c3c2oc2ccccc23)cc1)c1ccccc1. The Morgan fingerprint density at radius 3 is 2.23 bits per heavy atom. The van der Waals surface area contributed by atoms with E-state index in [1.165, 1.54) is 10.8 Å². The molecule has 40 heavy (non-hydrogen) atoms. The van der Waals surface area contributed by atoms with E-state index in [9.17, 15) is 0 Å². The molecule has 0 radical (unpaired) electrons. The maximum absolute atomic E-state index is 8.20. The number of fused-ring (bicyclic) bond motifs is 5. The van der Waals surface area contributed by atoms with Crippen LogP contribution in [0.25, 0.3) is 43.8 Å². The van der Waals surface area contributed by atoms with E-state index in [-0.39, 0.29) is 5.84 Å². The second kappa shape index (κ2) is 10.0. The van der Waals surface area contributed by atoms with Crippen LogP contribution in [-0.4, -0.2) is 12.1 Å². The van der Waals surface area contributed by atoms with E-state index in [0.29, 0.717) is 0 Å². The van der Waals surface area contributed by atoms with E-state index < -0.39 is 0 Å². The van der Waals surface area contributed by atoms with Gasteiger partial charge >= 0.3 is 0 Å². The second-order valence-electron chi connectivity index (χ2n) is 9.71. The Morgan fingerprint density at radius 1 is 0.675 bits per heavy atom. The zero-order valence-corrected chi connectivity index (χ0v) is 21.6. The van der Waals surface area contributed by atoms with Crippen LogP contribution in [0.5, 0.6) is 0 Å². The Kier molecular flexibility index (Phi) is 5.91. The van der Waals surface area contributed by atoms with Gasteiger partial charge in [0.1, 0.15) is 11.2 Å². The number of benzene rings is 6. The largest absolute Gasteiger partial charge is 0.455 e. The van der Waals surface area contributed by atoms with Crippen molar-refractivity contribution in [3.05, 3.63) is 145 Å². The summed E-state index contributed by atoms with van der Waals surface area (Å²) in [4.78, 5) is 4.33. The number of rotatable bonds is 5. The number of hydrogen-bond donors (Lipinski definition) is 2. The Labute approximate surface area is 231 Å². The Hall–Kier alpha value is -5.48. The summed E-state index contributed by atoms with van der Waals surface area (Å²) in [7, 11) is 0. The summed E-state index contributed by atoms with van der Waals surface area (Å²) < 4.78 is 6.49. The summed E-state index contributed by atoms with van der Waals surface area (Å²) >= 11 is 0. The first kappa shape index (κ1) is 23.6. The molecular weight excluding hydrogens is 490 g/mol. The molecule has 0 aliphatic heterocycles. The number of nitrogens with zero attached hydrogens (tertiary/aromatic N) is 1. The van der Waals surface area contributed by atoms with Gasteiger partial charge in [-0.05, 0) is 46.7 Å². The summed E-state index contributed by atoms with van der Waals surface area (Å²) in [5.41, 5.74) is 7.57. The number of aliphatic imine (C=N–C) groups is 1. The van der Waals surface area contributed by atoms with E-state index in [1.54, 1.807) is 6.21 Å². The molecule has 4 heteroatoms. The predicted octanol–water partition coefficient (Wildman–Crippen LogP) is 9.59. The summed E-state index contributed by atoms with van der Waals surface area (Å²) in [5, 5.41) is 16.4. The predicted molar refractivity (Wildman–Crippen MR) is 167 cm³/mol. The number of nitrogens with one attached hydrogen (secondary N) is 2. The molecule has 0 bridgehead atoms. The topological polar surface area (TPSA) is 61.4 Å². The van der Waals surface area contributed by atoms with Crippen molar-refractivity contribution < 1.29 is 4.42 Å². The lowest BCUT2D eigenvalue weighted by Gasteiger charge is -2.14. The average Bonchev–Trinajstić information content (AvgIpc) is 3.41. The van der Waals surface area contributed by atoms with Crippen molar-refractivity contribution in [1.29, 1.82) is 5.41 Å². The normalized spacial score (nSPS) is 11.5. The van der Waals surface area contributed by atoms with Gasteiger partial charge < -0.3 is 9.73 Å². The molecule has 7 rings (SSSR count). The summed E-state index contributed by atoms with van der Waals surface area (Å²) in [6, 6.07) is 44.9. The van der Waals surface area contributed by atoms with Gasteiger partial charge in [-0.3, -0.25) is 5.41 Å². The minimum absolute atomic E-state index is 0.240. The van der Waals surface area contributed by atoms with E-state index >= 15 is 0 Å². The van der Waals surface area contributed by atoms with Crippen LogP contribution in [0.15, 0.2) is 143 Å². The van der Waals surface area contributed by atoms with E-state index in [2.05, 4.69) is 71.0 Å². The van der Waals surface area contributed by atoms with Gasteiger partial charge in [-0.25, -0.2) is 4.99 Å². The van der Waals surface area contributed by atoms with E-state index in [1.807, 2.05) is 72.8 Å². The molecule has 2 N–H and O–H groups in total. The van der Waals surface area contributed by atoms with Crippen LogP contribution in [-0.2, 0) is 0 Å². The van der Waals surface area contributed by atoms with Gasteiger partial charge in [0.15, 0.2) is 5.84 Å². The highest BCUT2D eigenvalue weighted by Crippen LogP contribution is 2.43. The van der Waals surface area contributed by atoms with Crippen LogP contribution in [0.3, 0.4) is 0 Å². The van der Waals surface area contributed by atoms with Gasteiger partial charge in [0, 0.05) is 45.1 Å². The molecule has 0 saturated heterocycles. The van der Waals surface area contributed by atoms with Gasteiger partial charge in [0.05, 0.1) is 0 Å². The summed E-state index contributed by atoms with van der Waals surface area (Å²) in [6.07, 6.45) is 1.72. The quantitative estimate of drug-likeness (QED) is 0.177. The molecule has 4 nitrogen and oxygen atoms in total.